The molecule has 0 aromatic heterocycles. The fourth-order valence-electron chi connectivity index (χ4n) is 3.15. The predicted molar refractivity (Wildman–Crippen MR) is 90.4 cm³/mol. The molecule has 0 fully saturated rings. The molecule has 1 atom stereocenters. The lowest BCUT2D eigenvalue weighted by molar-refractivity contribution is 0.592. The second-order valence-corrected chi connectivity index (χ2v) is 6.58. The Morgan fingerprint density at radius 3 is 2.43 bits per heavy atom. The molecule has 1 nitrogen and oxygen atoms in total. The van der Waals surface area contributed by atoms with Gasteiger partial charge in [0, 0.05) is 16.1 Å². The van der Waals surface area contributed by atoms with Gasteiger partial charge in [0.2, 0.25) is 0 Å². The van der Waals surface area contributed by atoms with Crippen molar-refractivity contribution < 1.29 is 0 Å². The van der Waals surface area contributed by atoms with Crippen molar-refractivity contribution in [2.45, 2.75) is 31.7 Å². The zero-order chi connectivity index (χ0) is 14.8. The van der Waals surface area contributed by atoms with Gasteiger partial charge in [-0.25, -0.2) is 0 Å². The predicted octanol–water partition coefficient (Wildman–Crippen LogP) is 4.99. The van der Waals surface area contributed by atoms with Crippen LogP contribution < -0.4 is 5.32 Å². The maximum Gasteiger partial charge on any atom is 0.0424 e. The minimum absolute atomic E-state index is 0.223. The molecule has 21 heavy (non-hydrogen) atoms. The lowest BCUT2D eigenvalue weighted by Gasteiger charge is -2.18. The van der Waals surface area contributed by atoms with Crippen LogP contribution in [0.5, 0.6) is 0 Å². The maximum atomic E-state index is 6.12. The monoisotopic (exact) mass is 319 g/mol. The second kappa shape index (κ2) is 6.39. The van der Waals surface area contributed by atoms with Crippen LogP contribution in [0, 0.1) is 0 Å². The third-order valence-corrected chi connectivity index (χ3v) is 4.67. The number of fused-ring (bicyclic) bond motifs is 1. The van der Waals surface area contributed by atoms with E-state index in [2.05, 4.69) is 23.5 Å². The number of rotatable bonds is 4. The summed E-state index contributed by atoms with van der Waals surface area (Å²) in [6.07, 6.45) is 4.68. The molecule has 0 amide bonds. The van der Waals surface area contributed by atoms with Crippen molar-refractivity contribution >= 4 is 23.2 Å². The highest BCUT2D eigenvalue weighted by Gasteiger charge is 2.15. The van der Waals surface area contributed by atoms with Crippen molar-refractivity contribution in [3.05, 3.63) is 68.7 Å². The Hall–Kier alpha value is -1.02. The summed E-state index contributed by atoms with van der Waals surface area (Å²) in [5.74, 6) is 0. The fourth-order valence-corrected chi connectivity index (χ4v) is 3.69. The normalized spacial score (nSPS) is 15.0. The summed E-state index contributed by atoms with van der Waals surface area (Å²) in [5.41, 5.74) is 5.54. The molecule has 3 rings (SSSR count). The fraction of sp³-hybridized carbons (Fsp3) is 0.333. The number of nitrogens with one attached hydrogen (secondary N) is 1. The Bertz CT molecular complexity index is 631. The Balaban J connectivity index is 1.84. The van der Waals surface area contributed by atoms with E-state index in [9.17, 15) is 0 Å². The van der Waals surface area contributed by atoms with Crippen LogP contribution in [0.25, 0.3) is 0 Å². The molecule has 110 valence electrons. The van der Waals surface area contributed by atoms with Crippen molar-refractivity contribution in [2.75, 3.05) is 7.05 Å². The van der Waals surface area contributed by atoms with E-state index in [4.69, 9.17) is 23.2 Å². The molecule has 2 aromatic carbocycles. The standard InChI is InChI=1S/C18H19Cl2N/c1-21-18(15-9-16(19)11-17(20)10-15)8-12-5-6-13-3-2-4-14(13)7-12/h5-7,9-11,18,21H,2-4,8H2,1H3. The summed E-state index contributed by atoms with van der Waals surface area (Å²) >= 11 is 12.2. The van der Waals surface area contributed by atoms with Gasteiger partial charge in [0.25, 0.3) is 0 Å². The average molecular weight is 320 g/mol. The first-order valence-corrected chi connectivity index (χ1v) is 8.15. The van der Waals surface area contributed by atoms with Gasteiger partial charge in [-0.2, -0.15) is 0 Å². The number of benzene rings is 2. The van der Waals surface area contributed by atoms with E-state index in [1.807, 2.05) is 19.2 Å². The molecule has 2 aromatic rings. The number of hydrogen-bond acceptors (Lipinski definition) is 1. The van der Waals surface area contributed by atoms with Crippen molar-refractivity contribution in [3.8, 4) is 0 Å². The van der Waals surface area contributed by atoms with Crippen molar-refractivity contribution in [3.63, 3.8) is 0 Å². The molecule has 0 spiro atoms. The molecular formula is C18H19Cl2N. The summed E-state index contributed by atoms with van der Waals surface area (Å²) in [4.78, 5) is 0. The maximum absolute atomic E-state index is 6.12. The lowest BCUT2D eigenvalue weighted by atomic mass is 9.96. The average Bonchev–Trinajstić information content (AvgIpc) is 2.91. The van der Waals surface area contributed by atoms with Gasteiger partial charge in [-0.15, -0.1) is 0 Å². The van der Waals surface area contributed by atoms with Crippen LogP contribution in [0.15, 0.2) is 36.4 Å². The van der Waals surface area contributed by atoms with Gasteiger partial charge in [0.05, 0.1) is 0 Å². The van der Waals surface area contributed by atoms with Crippen LogP contribution in [0.1, 0.15) is 34.7 Å². The summed E-state index contributed by atoms with van der Waals surface area (Å²) in [5, 5.41) is 4.75. The molecule has 1 aliphatic rings. The van der Waals surface area contributed by atoms with E-state index >= 15 is 0 Å². The zero-order valence-electron chi connectivity index (χ0n) is 12.1. The van der Waals surface area contributed by atoms with Crippen LogP contribution >= 0.6 is 23.2 Å². The first-order chi connectivity index (χ1) is 10.2. The highest BCUT2D eigenvalue weighted by atomic mass is 35.5. The Morgan fingerprint density at radius 1 is 1.00 bits per heavy atom. The molecule has 1 aliphatic carbocycles. The minimum Gasteiger partial charge on any atom is -0.313 e. The topological polar surface area (TPSA) is 12.0 Å². The van der Waals surface area contributed by atoms with Crippen LogP contribution in [-0.4, -0.2) is 7.05 Å². The summed E-state index contributed by atoms with van der Waals surface area (Å²) in [6, 6.07) is 12.9. The van der Waals surface area contributed by atoms with Crippen molar-refractivity contribution in [2.24, 2.45) is 0 Å². The highest BCUT2D eigenvalue weighted by molar-refractivity contribution is 6.34. The van der Waals surface area contributed by atoms with Gasteiger partial charge in [0.15, 0.2) is 0 Å². The molecule has 0 aliphatic heterocycles. The highest BCUT2D eigenvalue weighted by Crippen LogP contribution is 2.28. The van der Waals surface area contributed by atoms with E-state index in [1.54, 1.807) is 6.07 Å². The molecular weight excluding hydrogens is 301 g/mol. The van der Waals surface area contributed by atoms with E-state index in [-0.39, 0.29) is 6.04 Å². The number of hydrogen-bond donors (Lipinski definition) is 1. The molecule has 0 heterocycles. The van der Waals surface area contributed by atoms with Gasteiger partial charge in [0.1, 0.15) is 0 Å². The Kier molecular flexibility index (Phi) is 4.54. The quantitative estimate of drug-likeness (QED) is 0.837. The molecule has 0 radical (unpaired) electrons. The lowest BCUT2D eigenvalue weighted by Crippen LogP contribution is -2.19. The molecule has 0 saturated carbocycles. The molecule has 0 bridgehead atoms. The number of aryl methyl sites for hydroxylation is 2. The third-order valence-electron chi connectivity index (χ3n) is 4.24. The molecule has 3 heteroatoms. The first-order valence-electron chi connectivity index (χ1n) is 7.39. The third kappa shape index (κ3) is 3.42. The van der Waals surface area contributed by atoms with Gasteiger partial charge >= 0.3 is 0 Å². The van der Waals surface area contributed by atoms with Crippen LogP contribution in [-0.2, 0) is 19.3 Å². The first kappa shape index (κ1) is 14.9. The van der Waals surface area contributed by atoms with E-state index < -0.39 is 0 Å². The Labute approximate surface area is 136 Å². The van der Waals surface area contributed by atoms with Gasteiger partial charge in [-0.3, -0.25) is 0 Å². The van der Waals surface area contributed by atoms with Crippen molar-refractivity contribution in [1.82, 2.24) is 5.32 Å². The summed E-state index contributed by atoms with van der Waals surface area (Å²) in [7, 11) is 1.98. The van der Waals surface area contributed by atoms with Crippen LogP contribution in [0.3, 0.4) is 0 Å². The van der Waals surface area contributed by atoms with Crippen LogP contribution in [0.2, 0.25) is 10.0 Å². The van der Waals surface area contributed by atoms with Gasteiger partial charge in [-0.1, -0.05) is 41.4 Å². The summed E-state index contributed by atoms with van der Waals surface area (Å²) < 4.78 is 0. The minimum atomic E-state index is 0.223. The zero-order valence-corrected chi connectivity index (χ0v) is 13.6. The largest absolute Gasteiger partial charge is 0.313 e. The Morgan fingerprint density at radius 2 is 1.71 bits per heavy atom. The molecule has 1 N–H and O–H groups in total. The summed E-state index contributed by atoms with van der Waals surface area (Å²) in [6.45, 7) is 0. The smallest absolute Gasteiger partial charge is 0.0424 e. The molecule has 0 saturated heterocycles. The van der Waals surface area contributed by atoms with E-state index in [1.165, 1.54) is 36.0 Å². The van der Waals surface area contributed by atoms with Crippen molar-refractivity contribution in [1.29, 1.82) is 0 Å². The van der Waals surface area contributed by atoms with Crippen LogP contribution in [0.4, 0.5) is 0 Å². The van der Waals surface area contributed by atoms with E-state index in [0.717, 1.165) is 12.0 Å². The SMILES string of the molecule is CNC(Cc1ccc2c(c1)CCC2)c1cc(Cl)cc(Cl)c1. The second-order valence-electron chi connectivity index (χ2n) is 5.70. The number of likely N-dealkylation sites (N-methyl/N-ethyl adjacent to an activating group) is 1. The van der Waals surface area contributed by atoms with Gasteiger partial charge in [-0.05, 0) is 73.2 Å². The molecule has 1 unspecified atom stereocenters. The van der Waals surface area contributed by atoms with Gasteiger partial charge < -0.3 is 5.32 Å². The van der Waals surface area contributed by atoms with E-state index in [0.29, 0.717) is 10.0 Å². The number of halogens is 2.